The summed E-state index contributed by atoms with van der Waals surface area (Å²) in [5, 5.41) is 0. The number of hydrogen-bond acceptors (Lipinski definition) is 5. The van der Waals surface area contributed by atoms with Crippen LogP contribution in [0, 0.1) is 0 Å². The van der Waals surface area contributed by atoms with E-state index in [1.165, 1.54) is 11.8 Å². The molecule has 0 fully saturated rings. The van der Waals surface area contributed by atoms with E-state index in [-0.39, 0.29) is 4.38 Å². The molecule has 10 heavy (non-hydrogen) atoms. The van der Waals surface area contributed by atoms with Gasteiger partial charge in [-0.15, -0.1) is 0 Å². The van der Waals surface area contributed by atoms with E-state index in [2.05, 4.69) is 9.18 Å². The van der Waals surface area contributed by atoms with Crippen LogP contribution in [0.3, 0.4) is 0 Å². The van der Waals surface area contributed by atoms with Gasteiger partial charge in [0.2, 0.25) is 4.38 Å². The van der Waals surface area contributed by atoms with E-state index >= 15 is 0 Å². The average molecular weight is 181 g/mol. The number of nitrogens with zero attached hydrogens (tertiary/aromatic N) is 1. The summed E-state index contributed by atoms with van der Waals surface area (Å²) >= 11 is 1.21. The molecule has 0 aromatic heterocycles. The van der Waals surface area contributed by atoms with Gasteiger partial charge in [0.1, 0.15) is 0 Å². The molecule has 0 radical (unpaired) electrons. The van der Waals surface area contributed by atoms with E-state index < -0.39 is 10.1 Å². The zero-order valence-electron chi connectivity index (χ0n) is 5.40. The first-order chi connectivity index (χ1) is 4.67. The molecular formula is C4H7NO3S2. The molecule has 1 aliphatic rings. The molecule has 6 heteroatoms. The lowest BCUT2D eigenvalue weighted by molar-refractivity contribution is 0.410. The van der Waals surface area contributed by atoms with Crippen LogP contribution in [-0.2, 0) is 14.3 Å². The van der Waals surface area contributed by atoms with Crippen LogP contribution in [0.2, 0.25) is 0 Å². The van der Waals surface area contributed by atoms with Crippen molar-refractivity contribution in [2.24, 2.45) is 4.99 Å². The van der Waals surface area contributed by atoms with E-state index in [9.17, 15) is 8.42 Å². The first kappa shape index (κ1) is 8.03. The quantitative estimate of drug-likeness (QED) is 0.537. The van der Waals surface area contributed by atoms with Gasteiger partial charge in [0.15, 0.2) is 0 Å². The van der Waals surface area contributed by atoms with Gasteiger partial charge >= 0.3 is 10.1 Å². The highest BCUT2D eigenvalue weighted by Crippen LogP contribution is 2.16. The number of rotatable bonds is 1. The molecule has 4 nitrogen and oxygen atoms in total. The molecule has 0 amide bonds. The third-order valence-corrected chi connectivity index (χ3v) is 3.72. The Kier molecular flexibility index (Phi) is 2.32. The van der Waals surface area contributed by atoms with Crippen molar-refractivity contribution in [3.05, 3.63) is 0 Å². The molecule has 0 saturated carbocycles. The summed E-state index contributed by atoms with van der Waals surface area (Å²) in [7, 11) is -2.35. The summed E-state index contributed by atoms with van der Waals surface area (Å²) in [6.45, 7) is 0.572. The first-order valence-corrected chi connectivity index (χ1v) is 5.04. The monoisotopic (exact) mass is 181 g/mol. The molecule has 1 aliphatic heterocycles. The van der Waals surface area contributed by atoms with Gasteiger partial charge in [-0.3, -0.25) is 9.18 Å². The fourth-order valence-electron chi connectivity index (χ4n) is 0.538. The van der Waals surface area contributed by atoms with Gasteiger partial charge in [0, 0.05) is 5.75 Å². The van der Waals surface area contributed by atoms with E-state index in [0.29, 0.717) is 6.54 Å². The molecule has 0 bridgehead atoms. The van der Waals surface area contributed by atoms with Gasteiger partial charge in [-0.1, -0.05) is 11.8 Å². The van der Waals surface area contributed by atoms with Crippen LogP contribution in [0.15, 0.2) is 4.99 Å². The Hall–Kier alpha value is -0.0700. The van der Waals surface area contributed by atoms with Crippen molar-refractivity contribution in [3.8, 4) is 0 Å². The predicted molar refractivity (Wildman–Crippen MR) is 40.7 cm³/mol. The van der Waals surface area contributed by atoms with Crippen LogP contribution < -0.4 is 0 Å². The van der Waals surface area contributed by atoms with Crippen molar-refractivity contribution < 1.29 is 12.6 Å². The molecule has 0 unspecified atom stereocenters. The Balaban J connectivity index is 2.83. The Morgan fingerprint density at radius 3 is 2.80 bits per heavy atom. The molecule has 0 aromatic carbocycles. The second kappa shape index (κ2) is 2.89. The Morgan fingerprint density at radius 1 is 1.70 bits per heavy atom. The normalized spacial score (nSPS) is 19.1. The Labute approximate surface area is 63.8 Å². The summed E-state index contributed by atoms with van der Waals surface area (Å²) in [6, 6.07) is 0. The zero-order valence-corrected chi connectivity index (χ0v) is 7.04. The van der Waals surface area contributed by atoms with Crippen LogP contribution in [0.1, 0.15) is 0 Å². The van der Waals surface area contributed by atoms with Crippen molar-refractivity contribution in [2.75, 3.05) is 19.4 Å². The number of hydrogen-bond donors (Lipinski definition) is 0. The van der Waals surface area contributed by atoms with Crippen LogP contribution in [0.5, 0.6) is 0 Å². The second-order valence-electron chi connectivity index (χ2n) is 1.62. The SMILES string of the molecule is COS(=O)(=O)C1=NCCS1. The first-order valence-electron chi connectivity index (χ1n) is 2.65. The standard InChI is InChI=1S/C4H7NO3S2/c1-8-10(6,7)4-5-2-3-9-4/h2-3H2,1H3. The molecule has 0 N–H and O–H groups in total. The van der Waals surface area contributed by atoms with Crippen LogP contribution >= 0.6 is 11.8 Å². The molecule has 1 heterocycles. The van der Waals surface area contributed by atoms with Crippen molar-refractivity contribution in [2.45, 2.75) is 0 Å². The molecule has 0 aromatic rings. The smallest absolute Gasteiger partial charge is 0.268 e. The molecule has 0 aliphatic carbocycles. The maximum atomic E-state index is 10.8. The molecule has 0 atom stereocenters. The summed E-state index contributed by atoms with van der Waals surface area (Å²) < 4.78 is 26.0. The minimum absolute atomic E-state index is 0.106. The maximum Gasteiger partial charge on any atom is 0.320 e. The molecule has 1 rings (SSSR count). The van der Waals surface area contributed by atoms with Gasteiger partial charge in [-0.2, -0.15) is 8.42 Å². The lowest BCUT2D eigenvalue weighted by Gasteiger charge is -1.96. The third kappa shape index (κ3) is 1.50. The van der Waals surface area contributed by atoms with Gasteiger partial charge in [0.25, 0.3) is 0 Å². The summed E-state index contributed by atoms with van der Waals surface area (Å²) in [5.74, 6) is 0.734. The highest BCUT2D eigenvalue weighted by Gasteiger charge is 2.22. The Bertz CT molecular complexity index is 243. The lowest BCUT2D eigenvalue weighted by atomic mass is 10.8. The van der Waals surface area contributed by atoms with Crippen molar-refractivity contribution in [1.82, 2.24) is 0 Å². The third-order valence-electron chi connectivity index (χ3n) is 0.991. The fourth-order valence-corrected chi connectivity index (χ4v) is 2.50. The largest absolute Gasteiger partial charge is 0.320 e. The highest BCUT2D eigenvalue weighted by molar-refractivity contribution is 8.34. The molecular weight excluding hydrogens is 174 g/mol. The lowest BCUT2D eigenvalue weighted by Crippen LogP contribution is -2.10. The van der Waals surface area contributed by atoms with Crippen molar-refractivity contribution >= 4 is 26.3 Å². The van der Waals surface area contributed by atoms with Gasteiger partial charge in [-0.25, -0.2) is 0 Å². The fraction of sp³-hybridized carbons (Fsp3) is 0.750. The van der Waals surface area contributed by atoms with E-state index in [1.807, 2.05) is 0 Å². The topological polar surface area (TPSA) is 55.7 Å². The second-order valence-corrected chi connectivity index (χ2v) is 4.59. The van der Waals surface area contributed by atoms with E-state index in [1.54, 1.807) is 0 Å². The minimum atomic E-state index is -3.48. The van der Waals surface area contributed by atoms with Crippen molar-refractivity contribution in [1.29, 1.82) is 0 Å². The number of aliphatic imine (C=N–C) groups is 1. The molecule has 0 spiro atoms. The van der Waals surface area contributed by atoms with E-state index in [0.717, 1.165) is 12.9 Å². The van der Waals surface area contributed by atoms with Gasteiger partial charge in [-0.05, 0) is 0 Å². The van der Waals surface area contributed by atoms with Gasteiger partial charge < -0.3 is 0 Å². The van der Waals surface area contributed by atoms with Gasteiger partial charge in [0.05, 0.1) is 13.7 Å². The van der Waals surface area contributed by atoms with Crippen molar-refractivity contribution in [3.63, 3.8) is 0 Å². The predicted octanol–water partition coefficient (Wildman–Crippen LogP) is 0.0654. The average Bonchev–Trinajstić information content (AvgIpc) is 2.38. The highest BCUT2D eigenvalue weighted by atomic mass is 32.3. The molecule has 0 saturated heterocycles. The summed E-state index contributed by atoms with van der Waals surface area (Å²) in [4.78, 5) is 3.74. The van der Waals surface area contributed by atoms with E-state index in [4.69, 9.17) is 0 Å². The van der Waals surface area contributed by atoms with Crippen LogP contribution in [-0.4, -0.2) is 32.2 Å². The number of thioether (sulfide) groups is 1. The minimum Gasteiger partial charge on any atom is -0.268 e. The maximum absolute atomic E-state index is 10.8. The molecule has 58 valence electrons. The van der Waals surface area contributed by atoms with Crippen LogP contribution in [0.4, 0.5) is 0 Å². The summed E-state index contributed by atoms with van der Waals surface area (Å²) in [5.41, 5.74) is 0. The van der Waals surface area contributed by atoms with Crippen LogP contribution in [0.25, 0.3) is 0 Å². The zero-order chi connectivity index (χ0) is 7.61. The summed E-state index contributed by atoms with van der Waals surface area (Å²) in [6.07, 6.45) is 0. The Morgan fingerprint density at radius 2 is 2.40 bits per heavy atom.